The Morgan fingerprint density at radius 3 is 2.74 bits per heavy atom. The van der Waals surface area contributed by atoms with E-state index in [9.17, 15) is 10.1 Å². The molecule has 0 aliphatic rings. The van der Waals surface area contributed by atoms with Crippen LogP contribution in [0.4, 0.5) is 5.69 Å². The van der Waals surface area contributed by atoms with E-state index in [0.29, 0.717) is 17.2 Å². The minimum atomic E-state index is -0.522. The number of para-hydroxylation sites is 1. The summed E-state index contributed by atoms with van der Waals surface area (Å²) < 4.78 is 6.66. The van der Waals surface area contributed by atoms with Crippen molar-refractivity contribution in [2.24, 2.45) is 7.05 Å². The zero-order valence-corrected chi connectivity index (χ0v) is 10.4. The third-order valence-corrected chi connectivity index (χ3v) is 2.74. The van der Waals surface area contributed by atoms with Crippen LogP contribution in [0.2, 0.25) is 0 Å². The summed E-state index contributed by atoms with van der Waals surface area (Å²) >= 11 is 0. The molecule has 0 fully saturated rings. The molecule has 100 valence electrons. The lowest BCUT2D eigenvalue weighted by molar-refractivity contribution is -0.385. The Hall–Kier alpha value is -2.48. The van der Waals surface area contributed by atoms with Crippen molar-refractivity contribution in [2.75, 3.05) is 7.11 Å². The molecule has 1 aromatic heterocycles. The van der Waals surface area contributed by atoms with Crippen LogP contribution in [0.15, 0.2) is 18.2 Å². The van der Waals surface area contributed by atoms with Crippen LogP contribution in [0.3, 0.4) is 0 Å². The second-order valence-electron chi connectivity index (χ2n) is 3.77. The van der Waals surface area contributed by atoms with Crippen LogP contribution in [0.5, 0.6) is 5.75 Å². The quantitative estimate of drug-likeness (QED) is 0.649. The van der Waals surface area contributed by atoms with Crippen LogP contribution < -0.4 is 4.74 Å². The van der Waals surface area contributed by atoms with E-state index < -0.39 is 4.92 Å². The predicted molar refractivity (Wildman–Crippen MR) is 65.6 cm³/mol. The van der Waals surface area contributed by atoms with Gasteiger partial charge in [0.05, 0.1) is 17.6 Å². The highest BCUT2D eigenvalue weighted by Crippen LogP contribution is 2.36. The average molecular weight is 264 g/mol. The van der Waals surface area contributed by atoms with Gasteiger partial charge in [0.2, 0.25) is 5.75 Å². The Kier molecular flexibility index (Phi) is 3.43. The normalized spacial score (nSPS) is 10.5. The number of nitrogens with zero attached hydrogens (tertiary/aromatic N) is 4. The number of aromatic nitrogens is 3. The first kappa shape index (κ1) is 13.0. The Balaban J connectivity index is 2.65. The molecule has 1 aromatic carbocycles. The maximum absolute atomic E-state index is 11.0. The summed E-state index contributed by atoms with van der Waals surface area (Å²) in [6.07, 6.45) is 0. The number of hydrogen-bond acceptors (Lipinski definition) is 6. The molecule has 0 bridgehead atoms. The highest BCUT2D eigenvalue weighted by molar-refractivity contribution is 5.71. The highest BCUT2D eigenvalue weighted by Gasteiger charge is 2.22. The van der Waals surface area contributed by atoms with Gasteiger partial charge in [-0.05, 0) is 6.07 Å². The molecule has 0 radical (unpaired) electrons. The number of aliphatic hydroxyl groups excluding tert-OH is 1. The number of hydrogen-bond donors (Lipinski definition) is 1. The van der Waals surface area contributed by atoms with Gasteiger partial charge < -0.3 is 14.4 Å². The lowest BCUT2D eigenvalue weighted by Gasteiger charge is -2.08. The van der Waals surface area contributed by atoms with Crippen LogP contribution in [0.25, 0.3) is 11.4 Å². The summed E-state index contributed by atoms with van der Waals surface area (Å²) in [6.45, 7) is -0.263. The van der Waals surface area contributed by atoms with Gasteiger partial charge in [-0.1, -0.05) is 6.07 Å². The average Bonchev–Trinajstić information content (AvgIpc) is 2.78. The monoisotopic (exact) mass is 264 g/mol. The van der Waals surface area contributed by atoms with E-state index in [4.69, 9.17) is 9.84 Å². The summed E-state index contributed by atoms with van der Waals surface area (Å²) in [5.74, 6) is 0.876. The van der Waals surface area contributed by atoms with E-state index >= 15 is 0 Å². The van der Waals surface area contributed by atoms with E-state index in [0.717, 1.165) is 0 Å². The van der Waals surface area contributed by atoms with Crippen molar-refractivity contribution >= 4 is 5.69 Å². The largest absolute Gasteiger partial charge is 0.490 e. The van der Waals surface area contributed by atoms with Gasteiger partial charge in [-0.25, -0.2) is 0 Å². The van der Waals surface area contributed by atoms with E-state index in [1.165, 1.54) is 13.2 Å². The second kappa shape index (κ2) is 5.02. The van der Waals surface area contributed by atoms with Crippen molar-refractivity contribution in [3.8, 4) is 17.1 Å². The molecular formula is C11H12N4O4. The molecule has 1 heterocycles. The lowest BCUT2D eigenvalue weighted by Crippen LogP contribution is -2.01. The van der Waals surface area contributed by atoms with E-state index in [-0.39, 0.29) is 18.0 Å². The van der Waals surface area contributed by atoms with Crippen LogP contribution >= 0.6 is 0 Å². The second-order valence-corrected chi connectivity index (χ2v) is 3.77. The van der Waals surface area contributed by atoms with Crippen LogP contribution in [0.1, 0.15) is 5.82 Å². The molecule has 1 N–H and O–H groups in total. The predicted octanol–water partition coefficient (Wildman–Crippen LogP) is 0.891. The number of benzene rings is 1. The Labute approximate surface area is 108 Å². The molecule has 0 atom stereocenters. The lowest BCUT2D eigenvalue weighted by atomic mass is 10.1. The first-order chi connectivity index (χ1) is 9.10. The number of aliphatic hydroxyl groups is 1. The minimum absolute atomic E-state index is 0.118. The van der Waals surface area contributed by atoms with Crippen molar-refractivity contribution in [1.29, 1.82) is 0 Å². The SMILES string of the molecule is COc1c(-c2nnc(CO)n2C)cccc1[N+](=O)[O-]. The summed E-state index contributed by atoms with van der Waals surface area (Å²) in [7, 11) is 3.02. The first-order valence-electron chi connectivity index (χ1n) is 5.41. The van der Waals surface area contributed by atoms with Gasteiger partial charge in [-0.15, -0.1) is 10.2 Å². The van der Waals surface area contributed by atoms with Gasteiger partial charge in [0.25, 0.3) is 0 Å². The molecule has 2 rings (SSSR count). The van der Waals surface area contributed by atoms with E-state index in [1.807, 2.05) is 0 Å². The van der Waals surface area contributed by atoms with Crippen molar-refractivity contribution < 1.29 is 14.8 Å². The van der Waals surface area contributed by atoms with E-state index in [2.05, 4.69) is 10.2 Å². The number of ether oxygens (including phenoxy) is 1. The van der Waals surface area contributed by atoms with Gasteiger partial charge >= 0.3 is 5.69 Å². The zero-order chi connectivity index (χ0) is 14.0. The number of methoxy groups -OCH3 is 1. The first-order valence-corrected chi connectivity index (χ1v) is 5.41. The third-order valence-electron chi connectivity index (χ3n) is 2.74. The molecule has 0 aliphatic heterocycles. The van der Waals surface area contributed by atoms with Crippen LogP contribution in [-0.2, 0) is 13.7 Å². The topological polar surface area (TPSA) is 103 Å². The van der Waals surface area contributed by atoms with Crippen molar-refractivity contribution in [2.45, 2.75) is 6.61 Å². The van der Waals surface area contributed by atoms with Gasteiger partial charge in [0, 0.05) is 13.1 Å². The fraction of sp³-hybridized carbons (Fsp3) is 0.273. The standard InChI is InChI=1S/C11H12N4O4/c1-14-9(6-16)12-13-11(14)7-4-3-5-8(15(17)18)10(7)19-2/h3-5,16H,6H2,1-2H3. The van der Waals surface area contributed by atoms with Gasteiger partial charge in [0.1, 0.15) is 6.61 Å². The number of nitro benzene ring substituents is 1. The molecule has 8 heteroatoms. The van der Waals surface area contributed by atoms with Crippen LogP contribution in [0, 0.1) is 10.1 Å². The molecule has 0 aliphatic carbocycles. The van der Waals surface area contributed by atoms with Crippen molar-refractivity contribution in [3.63, 3.8) is 0 Å². The Morgan fingerprint density at radius 1 is 1.47 bits per heavy atom. The molecule has 0 amide bonds. The van der Waals surface area contributed by atoms with Crippen molar-refractivity contribution in [1.82, 2.24) is 14.8 Å². The van der Waals surface area contributed by atoms with E-state index in [1.54, 1.807) is 23.7 Å². The fourth-order valence-corrected chi connectivity index (χ4v) is 1.79. The molecular weight excluding hydrogens is 252 g/mol. The minimum Gasteiger partial charge on any atom is -0.490 e. The number of rotatable bonds is 4. The highest BCUT2D eigenvalue weighted by atomic mass is 16.6. The number of nitro groups is 1. The molecule has 8 nitrogen and oxygen atoms in total. The van der Waals surface area contributed by atoms with Crippen molar-refractivity contribution in [3.05, 3.63) is 34.1 Å². The van der Waals surface area contributed by atoms with Gasteiger partial charge in [-0.2, -0.15) is 0 Å². The summed E-state index contributed by atoms with van der Waals surface area (Å²) in [5, 5.41) is 27.8. The summed E-state index contributed by atoms with van der Waals surface area (Å²) in [6, 6.07) is 4.55. The smallest absolute Gasteiger partial charge is 0.311 e. The molecule has 0 unspecified atom stereocenters. The van der Waals surface area contributed by atoms with Gasteiger partial charge in [-0.3, -0.25) is 10.1 Å². The van der Waals surface area contributed by atoms with Gasteiger partial charge in [0.15, 0.2) is 11.6 Å². The summed E-state index contributed by atoms with van der Waals surface area (Å²) in [4.78, 5) is 10.4. The Bertz CT molecular complexity index is 623. The maximum atomic E-state index is 11.0. The molecule has 0 spiro atoms. The summed E-state index contributed by atoms with van der Waals surface area (Å²) in [5.41, 5.74) is 0.306. The molecule has 2 aromatic rings. The van der Waals surface area contributed by atoms with Crippen LogP contribution in [-0.4, -0.2) is 31.9 Å². The maximum Gasteiger partial charge on any atom is 0.311 e. The zero-order valence-electron chi connectivity index (χ0n) is 10.4. The fourth-order valence-electron chi connectivity index (χ4n) is 1.79. The third kappa shape index (κ3) is 2.13. The Morgan fingerprint density at radius 2 is 2.21 bits per heavy atom. The molecule has 19 heavy (non-hydrogen) atoms. The molecule has 0 saturated heterocycles. The molecule has 0 saturated carbocycles.